The molecule has 27 heavy (non-hydrogen) atoms. The third kappa shape index (κ3) is 10.2. The summed E-state index contributed by atoms with van der Waals surface area (Å²) in [6.07, 6.45) is 13.6. The van der Waals surface area contributed by atoms with Gasteiger partial charge in [0.05, 0.1) is 17.7 Å². The number of carboxylic acids is 1. The molecule has 1 aromatic carbocycles. The van der Waals surface area contributed by atoms with Gasteiger partial charge in [-0.15, -0.1) is 0 Å². The molecule has 0 spiro atoms. The van der Waals surface area contributed by atoms with E-state index in [1.54, 1.807) is 12.1 Å². The maximum atomic E-state index is 12.0. The van der Waals surface area contributed by atoms with E-state index < -0.39 is 11.9 Å². The first-order valence-electron chi connectivity index (χ1n) is 10.6. The van der Waals surface area contributed by atoms with Crippen LogP contribution in [0.1, 0.15) is 105 Å². The maximum Gasteiger partial charge on any atom is 0.339 e. The van der Waals surface area contributed by atoms with Crippen molar-refractivity contribution in [3.63, 3.8) is 0 Å². The second-order valence-electron chi connectivity index (χ2n) is 7.47. The first kappa shape index (κ1) is 23.2. The largest absolute Gasteiger partial charge is 0.478 e. The number of ether oxygens (including phenoxy) is 1. The zero-order valence-corrected chi connectivity index (χ0v) is 17.0. The highest BCUT2D eigenvalue weighted by Crippen LogP contribution is 2.15. The smallest absolute Gasteiger partial charge is 0.339 e. The molecule has 0 heterocycles. The van der Waals surface area contributed by atoms with E-state index in [0.717, 1.165) is 25.2 Å². The average Bonchev–Trinajstić information content (AvgIpc) is 2.68. The monoisotopic (exact) mass is 376 g/mol. The molecular formula is C23H36O4. The predicted molar refractivity (Wildman–Crippen MR) is 109 cm³/mol. The normalized spacial score (nSPS) is 11.9. The Labute approximate surface area is 164 Å². The maximum absolute atomic E-state index is 12.0. The predicted octanol–water partition coefficient (Wildman–Crippen LogP) is 6.49. The average molecular weight is 377 g/mol. The van der Waals surface area contributed by atoms with Gasteiger partial charge in [-0.05, 0) is 24.5 Å². The van der Waals surface area contributed by atoms with E-state index in [0.29, 0.717) is 6.61 Å². The van der Waals surface area contributed by atoms with Crippen molar-refractivity contribution in [2.75, 3.05) is 6.61 Å². The van der Waals surface area contributed by atoms with Gasteiger partial charge in [-0.1, -0.05) is 90.2 Å². The Morgan fingerprint density at radius 1 is 0.889 bits per heavy atom. The number of hydrogen-bond acceptors (Lipinski definition) is 3. The lowest BCUT2D eigenvalue weighted by Gasteiger charge is -2.08. The van der Waals surface area contributed by atoms with Gasteiger partial charge in [-0.2, -0.15) is 0 Å². The van der Waals surface area contributed by atoms with E-state index in [-0.39, 0.29) is 11.1 Å². The summed E-state index contributed by atoms with van der Waals surface area (Å²) >= 11 is 0. The zero-order valence-electron chi connectivity index (χ0n) is 17.0. The van der Waals surface area contributed by atoms with Crippen LogP contribution in [-0.2, 0) is 4.74 Å². The molecule has 1 atom stereocenters. The molecule has 0 amide bonds. The Morgan fingerprint density at radius 2 is 1.41 bits per heavy atom. The third-order valence-electron chi connectivity index (χ3n) is 5.15. The fourth-order valence-corrected chi connectivity index (χ4v) is 3.13. The van der Waals surface area contributed by atoms with Gasteiger partial charge >= 0.3 is 11.9 Å². The number of benzene rings is 1. The summed E-state index contributed by atoms with van der Waals surface area (Å²) in [5, 5.41) is 9.10. The fraction of sp³-hybridized carbons (Fsp3) is 0.652. The van der Waals surface area contributed by atoms with Gasteiger partial charge in [0, 0.05) is 0 Å². The Hall–Kier alpha value is -1.84. The molecule has 4 heteroatoms. The second-order valence-corrected chi connectivity index (χ2v) is 7.47. The van der Waals surface area contributed by atoms with Crippen molar-refractivity contribution in [3.05, 3.63) is 35.4 Å². The molecule has 0 bridgehead atoms. The lowest BCUT2D eigenvalue weighted by molar-refractivity contribution is 0.0487. The molecule has 152 valence electrons. The molecule has 1 N–H and O–H groups in total. The van der Waals surface area contributed by atoms with Crippen LogP contribution >= 0.6 is 0 Å². The lowest BCUT2D eigenvalue weighted by Crippen LogP contribution is -2.12. The SMILES string of the molecule is CCC(C)CCCCCCCCCCCOC(=O)c1ccccc1C(=O)O. The number of carbonyl (C=O) groups excluding carboxylic acids is 1. The van der Waals surface area contributed by atoms with Gasteiger partial charge in [0.2, 0.25) is 0 Å². The van der Waals surface area contributed by atoms with Crippen LogP contribution in [-0.4, -0.2) is 23.7 Å². The second kappa shape index (κ2) is 14.2. The molecule has 0 radical (unpaired) electrons. The first-order chi connectivity index (χ1) is 13.1. The summed E-state index contributed by atoms with van der Waals surface area (Å²) in [5.74, 6) is -0.787. The van der Waals surface area contributed by atoms with Crippen LogP contribution in [0.2, 0.25) is 0 Å². The van der Waals surface area contributed by atoms with Gasteiger partial charge in [0.25, 0.3) is 0 Å². The molecular weight excluding hydrogens is 340 g/mol. The van der Waals surface area contributed by atoms with Gasteiger partial charge in [0.1, 0.15) is 0 Å². The Kier molecular flexibility index (Phi) is 12.2. The molecule has 0 aromatic heterocycles. The molecule has 0 aliphatic rings. The van der Waals surface area contributed by atoms with Crippen LogP contribution in [0, 0.1) is 5.92 Å². The van der Waals surface area contributed by atoms with Crippen LogP contribution in [0.4, 0.5) is 0 Å². The van der Waals surface area contributed by atoms with Gasteiger partial charge in [-0.3, -0.25) is 0 Å². The van der Waals surface area contributed by atoms with Crippen molar-refractivity contribution in [2.24, 2.45) is 5.92 Å². The topological polar surface area (TPSA) is 63.6 Å². The molecule has 1 rings (SSSR count). The van der Waals surface area contributed by atoms with Gasteiger partial charge in [-0.25, -0.2) is 9.59 Å². The van der Waals surface area contributed by atoms with Crippen molar-refractivity contribution < 1.29 is 19.4 Å². The van der Waals surface area contributed by atoms with E-state index in [4.69, 9.17) is 9.84 Å². The number of unbranched alkanes of at least 4 members (excludes halogenated alkanes) is 8. The highest BCUT2D eigenvalue weighted by atomic mass is 16.5. The fourth-order valence-electron chi connectivity index (χ4n) is 3.13. The van der Waals surface area contributed by atoms with Crippen molar-refractivity contribution in [2.45, 2.75) is 84.5 Å². The molecule has 0 saturated carbocycles. The van der Waals surface area contributed by atoms with Crippen molar-refractivity contribution in [3.8, 4) is 0 Å². The summed E-state index contributed by atoms with van der Waals surface area (Å²) in [6, 6.07) is 6.16. The molecule has 0 saturated heterocycles. The van der Waals surface area contributed by atoms with E-state index in [9.17, 15) is 9.59 Å². The number of hydrogen-bond donors (Lipinski definition) is 1. The van der Waals surface area contributed by atoms with Crippen molar-refractivity contribution >= 4 is 11.9 Å². The van der Waals surface area contributed by atoms with Crippen LogP contribution < -0.4 is 0 Å². The molecule has 0 aliphatic carbocycles. The summed E-state index contributed by atoms with van der Waals surface area (Å²) in [5.41, 5.74) is 0.116. The van der Waals surface area contributed by atoms with E-state index >= 15 is 0 Å². The van der Waals surface area contributed by atoms with Crippen LogP contribution in [0.25, 0.3) is 0 Å². The molecule has 1 unspecified atom stereocenters. The van der Waals surface area contributed by atoms with Gasteiger partial charge < -0.3 is 9.84 Å². The van der Waals surface area contributed by atoms with Crippen LogP contribution in [0.5, 0.6) is 0 Å². The Morgan fingerprint density at radius 3 is 1.96 bits per heavy atom. The minimum atomic E-state index is -1.11. The number of carboxylic acid groups (broad SMARTS) is 1. The minimum Gasteiger partial charge on any atom is -0.478 e. The highest BCUT2D eigenvalue weighted by Gasteiger charge is 2.16. The number of esters is 1. The minimum absolute atomic E-state index is 0.00773. The number of aromatic carboxylic acids is 1. The quantitative estimate of drug-likeness (QED) is 0.281. The Balaban J connectivity index is 2.00. The third-order valence-corrected chi connectivity index (χ3v) is 5.15. The van der Waals surface area contributed by atoms with Crippen molar-refractivity contribution in [1.82, 2.24) is 0 Å². The number of carbonyl (C=O) groups is 2. The van der Waals surface area contributed by atoms with E-state index in [2.05, 4.69) is 13.8 Å². The summed E-state index contributed by atoms with van der Waals surface area (Å²) in [7, 11) is 0. The molecule has 0 fully saturated rings. The van der Waals surface area contributed by atoms with E-state index in [1.807, 2.05) is 0 Å². The Bertz CT molecular complexity index is 553. The summed E-state index contributed by atoms with van der Waals surface area (Å²) in [4.78, 5) is 23.1. The first-order valence-corrected chi connectivity index (χ1v) is 10.6. The molecule has 1 aromatic rings. The van der Waals surface area contributed by atoms with E-state index in [1.165, 1.54) is 63.5 Å². The molecule has 0 aliphatic heterocycles. The highest BCUT2D eigenvalue weighted by molar-refractivity contribution is 6.02. The lowest BCUT2D eigenvalue weighted by atomic mass is 9.99. The summed E-state index contributed by atoms with van der Waals surface area (Å²) < 4.78 is 5.22. The zero-order chi connectivity index (χ0) is 19.9. The molecule has 4 nitrogen and oxygen atoms in total. The van der Waals surface area contributed by atoms with Crippen LogP contribution in [0.15, 0.2) is 24.3 Å². The van der Waals surface area contributed by atoms with Crippen LogP contribution in [0.3, 0.4) is 0 Å². The standard InChI is InChI=1S/C23H36O4/c1-3-19(2)15-11-9-7-5-4-6-8-10-14-18-27-23(26)21-17-13-12-16-20(21)22(24)25/h12-13,16-17,19H,3-11,14-15,18H2,1-2H3,(H,24,25). The van der Waals surface area contributed by atoms with Gasteiger partial charge in [0.15, 0.2) is 0 Å². The summed E-state index contributed by atoms with van der Waals surface area (Å²) in [6.45, 7) is 4.95. The number of rotatable bonds is 15. The van der Waals surface area contributed by atoms with Crippen molar-refractivity contribution in [1.29, 1.82) is 0 Å².